The summed E-state index contributed by atoms with van der Waals surface area (Å²) >= 11 is 1.70. The molecule has 0 spiro atoms. The minimum absolute atomic E-state index is 0.0675. The number of hydrogen-bond acceptors (Lipinski definition) is 4. The minimum Gasteiger partial charge on any atom is -0.338 e. The summed E-state index contributed by atoms with van der Waals surface area (Å²) in [5, 5.41) is 1.09. The lowest BCUT2D eigenvalue weighted by molar-refractivity contribution is 0.625. The Morgan fingerprint density at radius 1 is 1.47 bits per heavy atom. The molecule has 0 bridgehead atoms. The Morgan fingerprint density at radius 3 is 2.76 bits per heavy atom. The molecule has 4 nitrogen and oxygen atoms in total. The van der Waals surface area contributed by atoms with E-state index < -0.39 is 0 Å². The lowest BCUT2D eigenvalue weighted by Gasteiger charge is -2.10. The third-order valence-corrected chi connectivity index (χ3v) is 4.08. The van der Waals surface area contributed by atoms with E-state index in [9.17, 15) is 0 Å². The Kier molecular flexibility index (Phi) is 3.59. The molecule has 0 aliphatic carbocycles. The second-order valence-electron chi connectivity index (χ2n) is 4.28. The molecule has 0 saturated heterocycles. The van der Waals surface area contributed by atoms with Gasteiger partial charge in [-0.15, -0.1) is 11.3 Å². The number of thiazole rings is 1. The Balaban J connectivity index is 2.00. The topological polar surface area (TPSA) is 56.7 Å². The van der Waals surface area contributed by atoms with Gasteiger partial charge in [0.05, 0.1) is 10.7 Å². The maximum absolute atomic E-state index is 6.21. The molecule has 5 heteroatoms. The first-order valence-corrected chi connectivity index (χ1v) is 6.55. The van der Waals surface area contributed by atoms with Crippen LogP contribution in [0.4, 0.5) is 0 Å². The highest BCUT2D eigenvalue weighted by atomic mass is 32.1. The van der Waals surface area contributed by atoms with Gasteiger partial charge in [-0.05, 0) is 20.3 Å². The molecule has 1 unspecified atom stereocenters. The van der Waals surface area contributed by atoms with E-state index in [1.54, 1.807) is 11.3 Å². The van der Waals surface area contributed by atoms with Gasteiger partial charge in [0.1, 0.15) is 5.82 Å². The molecular weight excluding hydrogens is 232 g/mol. The van der Waals surface area contributed by atoms with Crippen molar-refractivity contribution in [2.24, 2.45) is 12.8 Å². The fourth-order valence-electron chi connectivity index (χ4n) is 1.94. The third-order valence-electron chi connectivity index (χ3n) is 2.88. The first-order chi connectivity index (χ1) is 8.08. The summed E-state index contributed by atoms with van der Waals surface area (Å²) in [4.78, 5) is 9.92. The average Bonchev–Trinajstić information content (AvgIpc) is 2.81. The van der Waals surface area contributed by atoms with Crippen molar-refractivity contribution in [2.75, 3.05) is 0 Å². The summed E-state index contributed by atoms with van der Waals surface area (Å²) in [6.45, 7) is 4.05. The molecule has 0 saturated carbocycles. The summed E-state index contributed by atoms with van der Waals surface area (Å²) in [7, 11) is 2.01. The molecular formula is C12H18N4S. The van der Waals surface area contributed by atoms with Crippen molar-refractivity contribution < 1.29 is 0 Å². The van der Waals surface area contributed by atoms with Crippen LogP contribution in [0.5, 0.6) is 0 Å². The quantitative estimate of drug-likeness (QED) is 0.904. The predicted molar refractivity (Wildman–Crippen MR) is 70.0 cm³/mol. The monoisotopic (exact) mass is 250 g/mol. The van der Waals surface area contributed by atoms with E-state index in [4.69, 9.17) is 5.73 Å². The Bertz CT molecular complexity index is 500. The van der Waals surface area contributed by atoms with Crippen molar-refractivity contribution >= 4 is 11.3 Å². The van der Waals surface area contributed by atoms with E-state index in [2.05, 4.69) is 9.97 Å². The van der Waals surface area contributed by atoms with E-state index in [1.807, 2.05) is 37.9 Å². The molecule has 1 atom stereocenters. The number of rotatable bonds is 4. The van der Waals surface area contributed by atoms with Crippen LogP contribution in [0.25, 0.3) is 0 Å². The third kappa shape index (κ3) is 2.73. The van der Waals surface area contributed by atoms with Gasteiger partial charge < -0.3 is 10.3 Å². The standard InChI is InChI=1S/C12H18N4S/c1-8-12(17-9(2)15-8)10(13)4-5-11-14-6-7-16(11)3/h6-7,10H,4-5,13H2,1-3H3. The zero-order valence-corrected chi connectivity index (χ0v) is 11.3. The van der Waals surface area contributed by atoms with Gasteiger partial charge in [0.15, 0.2) is 0 Å². The van der Waals surface area contributed by atoms with E-state index in [-0.39, 0.29) is 6.04 Å². The molecule has 92 valence electrons. The van der Waals surface area contributed by atoms with Crippen LogP contribution >= 0.6 is 11.3 Å². The Labute approximate surface area is 106 Å². The van der Waals surface area contributed by atoms with Crippen molar-refractivity contribution in [2.45, 2.75) is 32.7 Å². The zero-order chi connectivity index (χ0) is 12.4. The molecule has 2 N–H and O–H groups in total. The maximum Gasteiger partial charge on any atom is 0.108 e. The van der Waals surface area contributed by atoms with Crippen molar-refractivity contribution in [3.05, 3.63) is 33.8 Å². The highest BCUT2D eigenvalue weighted by molar-refractivity contribution is 7.11. The normalized spacial score (nSPS) is 12.9. The van der Waals surface area contributed by atoms with Crippen LogP contribution in [-0.2, 0) is 13.5 Å². The molecule has 0 fully saturated rings. The number of aryl methyl sites for hydroxylation is 4. The van der Waals surface area contributed by atoms with Gasteiger partial charge in [0.2, 0.25) is 0 Å². The molecule has 2 rings (SSSR count). The minimum atomic E-state index is 0.0675. The maximum atomic E-state index is 6.21. The van der Waals surface area contributed by atoms with Gasteiger partial charge in [-0.25, -0.2) is 9.97 Å². The van der Waals surface area contributed by atoms with Crippen LogP contribution in [-0.4, -0.2) is 14.5 Å². The summed E-state index contributed by atoms with van der Waals surface area (Å²) < 4.78 is 2.04. The van der Waals surface area contributed by atoms with Gasteiger partial charge in [-0.3, -0.25) is 0 Å². The second-order valence-corrected chi connectivity index (χ2v) is 5.52. The molecule has 0 aromatic carbocycles. The van der Waals surface area contributed by atoms with Crippen LogP contribution < -0.4 is 5.73 Å². The van der Waals surface area contributed by atoms with E-state index >= 15 is 0 Å². The SMILES string of the molecule is Cc1nc(C)c(C(N)CCc2nccn2C)s1. The Morgan fingerprint density at radius 2 is 2.24 bits per heavy atom. The van der Waals surface area contributed by atoms with E-state index in [0.29, 0.717) is 0 Å². The number of nitrogens with two attached hydrogens (primary N) is 1. The van der Waals surface area contributed by atoms with Crippen LogP contribution in [0.15, 0.2) is 12.4 Å². The van der Waals surface area contributed by atoms with Crippen molar-refractivity contribution in [3.63, 3.8) is 0 Å². The summed E-state index contributed by atoms with van der Waals surface area (Å²) in [6, 6.07) is 0.0675. The predicted octanol–water partition coefficient (Wildman–Crippen LogP) is 2.13. The molecule has 0 aliphatic rings. The largest absolute Gasteiger partial charge is 0.338 e. The average molecular weight is 250 g/mol. The summed E-state index contributed by atoms with van der Waals surface area (Å²) in [5.41, 5.74) is 7.28. The lowest BCUT2D eigenvalue weighted by Crippen LogP contribution is -2.12. The van der Waals surface area contributed by atoms with Crippen LogP contribution in [0.3, 0.4) is 0 Å². The molecule has 0 aliphatic heterocycles. The van der Waals surface area contributed by atoms with Gasteiger partial charge in [0.25, 0.3) is 0 Å². The van der Waals surface area contributed by atoms with Crippen LogP contribution in [0.1, 0.15) is 33.9 Å². The number of aromatic nitrogens is 3. The molecule has 0 radical (unpaired) electrons. The summed E-state index contributed by atoms with van der Waals surface area (Å²) in [6.07, 6.45) is 5.60. The second kappa shape index (κ2) is 4.98. The fourth-order valence-corrected chi connectivity index (χ4v) is 2.91. The van der Waals surface area contributed by atoms with Gasteiger partial charge in [0, 0.05) is 36.8 Å². The highest BCUT2D eigenvalue weighted by Gasteiger charge is 2.14. The van der Waals surface area contributed by atoms with Crippen molar-refractivity contribution in [3.8, 4) is 0 Å². The Hall–Kier alpha value is -1.20. The first kappa shape index (κ1) is 12.3. The van der Waals surface area contributed by atoms with Gasteiger partial charge in [-0.1, -0.05) is 0 Å². The van der Waals surface area contributed by atoms with E-state index in [0.717, 1.165) is 29.4 Å². The van der Waals surface area contributed by atoms with Crippen LogP contribution in [0.2, 0.25) is 0 Å². The molecule has 2 heterocycles. The smallest absolute Gasteiger partial charge is 0.108 e. The number of imidazole rings is 1. The van der Waals surface area contributed by atoms with E-state index in [1.165, 1.54) is 4.88 Å². The van der Waals surface area contributed by atoms with Crippen molar-refractivity contribution in [1.82, 2.24) is 14.5 Å². The lowest BCUT2D eigenvalue weighted by atomic mass is 10.1. The van der Waals surface area contributed by atoms with Crippen LogP contribution in [0, 0.1) is 13.8 Å². The van der Waals surface area contributed by atoms with Crippen molar-refractivity contribution in [1.29, 1.82) is 0 Å². The zero-order valence-electron chi connectivity index (χ0n) is 10.5. The van der Waals surface area contributed by atoms with Gasteiger partial charge >= 0.3 is 0 Å². The number of nitrogens with zero attached hydrogens (tertiary/aromatic N) is 3. The number of hydrogen-bond donors (Lipinski definition) is 1. The molecule has 2 aromatic heterocycles. The molecule has 2 aromatic rings. The molecule has 0 amide bonds. The summed E-state index contributed by atoms with van der Waals surface area (Å²) in [5.74, 6) is 1.08. The fraction of sp³-hybridized carbons (Fsp3) is 0.500. The first-order valence-electron chi connectivity index (χ1n) is 5.73. The molecule has 17 heavy (non-hydrogen) atoms. The van der Waals surface area contributed by atoms with Gasteiger partial charge in [-0.2, -0.15) is 0 Å². The highest BCUT2D eigenvalue weighted by Crippen LogP contribution is 2.25.